The third-order valence-electron chi connectivity index (χ3n) is 1.52. The molecule has 0 aliphatic carbocycles. The highest BCUT2D eigenvalue weighted by atomic mass is 19.2. The van der Waals surface area contributed by atoms with Gasteiger partial charge in [-0.15, -0.1) is 0 Å². The summed E-state index contributed by atoms with van der Waals surface area (Å²) in [4.78, 5) is 10.3. The van der Waals surface area contributed by atoms with Gasteiger partial charge >= 0.3 is 0 Å². The molecule has 1 aromatic carbocycles. The summed E-state index contributed by atoms with van der Waals surface area (Å²) in [5, 5.41) is 8.77. The van der Waals surface area contributed by atoms with Gasteiger partial charge in [-0.25, -0.2) is 4.39 Å². The summed E-state index contributed by atoms with van der Waals surface area (Å²) in [7, 11) is 0. The summed E-state index contributed by atoms with van der Waals surface area (Å²) in [5.74, 6) is -4.12. The molecular formula is C9H7F2NO2. The number of amides is 1. The van der Waals surface area contributed by atoms with Gasteiger partial charge in [0.2, 0.25) is 11.7 Å². The van der Waals surface area contributed by atoms with Gasteiger partial charge in [0.15, 0.2) is 11.6 Å². The van der Waals surface area contributed by atoms with E-state index in [2.05, 4.69) is 0 Å². The van der Waals surface area contributed by atoms with Gasteiger partial charge in [-0.2, -0.15) is 4.39 Å². The molecule has 0 aromatic heterocycles. The molecule has 1 rings (SSSR count). The first kappa shape index (κ1) is 10.2. The van der Waals surface area contributed by atoms with E-state index >= 15 is 0 Å². The number of benzene rings is 1. The highest BCUT2D eigenvalue weighted by molar-refractivity contribution is 5.90. The smallest absolute Gasteiger partial charge is 0.241 e. The van der Waals surface area contributed by atoms with Crippen LogP contribution in [0.25, 0.3) is 6.08 Å². The van der Waals surface area contributed by atoms with Crippen molar-refractivity contribution < 1.29 is 18.7 Å². The number of hydrogen-bond acceptors (Lipinski definition) is 2. The minimum absolute atomic E-state index is 0.154. The number of carbonyl (C=O) groups is 1. The van der Waals surface area contributed by atoms with Crippen LogP contribution in [0, 0.1) is 11.6 Å². The lowest BCUT2D eigenvalue weighted by Crippen LogP contribution is -2.05. The van der Waals surface area contributed by atoms with Crippen LogP contribution in [0.1, 0.15) is 5.56 Å². The number of phenolic OH excluding ortho intramolecular Hbond substituents is 1. The zero-order chi connectivity index (χ0) is 10.7. The third kappa shape index (κ3) is 2.07. The van der Waals surface area contributed by atoms with E-state index in [4.69, 9.17) is 10.8 Å². The Kier molecular flexibility index (Phi) is 2.81. The van der Waals surface area contributed by atoms with Crippen molar-refractivity contribution >= 4 is 12.0 Å². The average Bonchev–Trinajstić information content (AvgIpc) is 2.13. The molecule has 0 saturated carbocycles. The van der Waals surface area contributed by atoms with Crippen LogP contribution in [-0.2, 0) is 4.79 Å². The third-order valence-corrected chi connectivity index (χ3v) is 1.52. The lowest BCUT2D eigenvalue weighted by atomic mass is 10.2. The zero-order valence-corrected chi connectivity index (χ0v) is 7.00. The molecule has 0 saturated heterocycles. The molecule has 3 N–H and O–H groups in total. The Morgan fingerprint density at radius 2 is 2.00 bits per heavy atom. The number of halogens is 2. The van der Waals surface area contributed by atoms with Crippen LogP contribution < -0.4 is 5.73 Å². The Morgan fingerprint density at radius 1 is 1.36 bits per heavy atom. The SMILES string of the molecule is NC(=O)C=Cc1ccc(O)c(F)c1F. The van der Waals surface area contributed by atoms with Crippen LogP contribution in [0.4, 0.5) is 8.78 Å². The maximum atomic E-state index is 13.0. The van der Waals surface area contributed by atoms with E-state index in [0.717, 1.165) is 24.3 Å². The van der Waals surface area contributed by atoms with Gasteiger partial charge in [-0.05, 0) is 18.2 Å². The quantitative estimate of drug-likeness (QED) is 0.702. The number of rotatable bonds is 2. The number of primary amides is 1. The molecule has 74 valence electrons. The summed E-state index contributed by atoms with van der Waals surface area (Å²) in [6, 6.07) is 2.12. The molecular weight excluding hydrogens is 192 g/mol. The van der Waals surface area contributed by atoms with Crippen LogP contribution in [-0.4, -0.2) is 11.0 Å². The average molecular weight is 199 g/mol. The molecule has 14 heavy (non-hydrogen) atoms. The first-order valence-electron chi connectivity index (χ1n) is 3.67. The highest BCUT2D eigenvalue weighted by Gasteiger charge is 2.10. The summed E-state index contributed by atoms with van der Waals surface area (Å²) in [6.45, 7) is 0. The van der Waals surface area contributed by atoms with Crippen LogP contribution in [0.2, 0.25) is 0 Å². The molecule has 1 aromatic rings. The Hall–Kier alpha value is -1.91. The monoisotopic (exact) mass is 199 g/mol. The van der Waals surface area contributed by atoms with E-state index in [-0.39, 0.29) is 5.56 Å². The predicted octanol–water partition coefficient (Wildman–Crippen LogP) is 1.17. The van der Waals surface area contributed by atoms with Crippen molar-refractivity contribution in [1.82, 2.24) is 0 Å². The second kappa shape index (κ2) is 3.87. The van der Waals surface area contributed by atoms with Crippen LogP contribution in [0.15, 0.2) is 18.2 Å². The van der Waals surface area contributed by atoms with Crippen molar-refractivity contribution in [2.75, 3.05) is 0 Å². The second-order valence-electron chi connectivity index (χ2n) is 2.54. The molecule has 0 unspecified atom stereocenters. The minimum Gasteiger partial charge on any atom is -0.505 e. The van der Waals surface area contributed by atoms with Crippen LogP contribution in [0.3, 0.4) is 0 Å². The van der Waals surface area contributed by atoms with Gasteiger partial charge in [0.05, 0.1) is 0 Å². The second-order valence-corrected chi connectivity index (χ2v) is 2.54. The van der Waals surface area contributed by atoms with E-state index in [9.17, 15) is 13.6 Å². The minimum atomic E-state index is -1.35. The Bertz CT molecular complexity index is 402. The molecule has 0 radical (unpaired) electrons. The normalized spacial score (nSPS) is 10.7. The van der Waals surface area contributed by atoms with Crippen LogP contribution in [0.5, 0.6) is 5.75 Å². The largest absolute Gasteiger partial charge is 0.505 e. The lowest BCUT2D eigenvalue weighted by Gasteiger charge is -1.99. The number of nitrogens with two attached hydrogens (primary N) is 1. The van der Waals surface area contributed by atoms with Crippen molar-refractivity contribution in [2.45, 2.75) is 0 Å². The molecule has 1 amide bonds. The van der Waals surface area contributed by atoms with Gasteiger partial charge in [0, 0.05) is 11.6 Å². The number of carbonyl (C=O) groups excluding carboxylic acids is 1. The van der Waals surface area contributed by atoms with Crippen molar-refractivity contribution in [3.05, 3.63) is 35.4 Å². The molecule has 0 aliphatic heterocycles. The Labute approximate surface area is 78.5 Å². The molecule has 0 atom stereocenters. The van der Waals surface area contributed by atoms with Crippen molar-refractivity contribution in [2.24, 2.45) is 5.73 Å². The van der Waals surface area contributed by atoms with E-state index in [1.807, 2.05) is 0 Å². The van der Waals surface area contributed by atoms with Crippen molar-refractivity contribution in [3.63, 3.8) is 0 Å². The first-order valence-corrected chi connectivity index (χ1v) is 3.67. The molecule has 0 aliphatic rings. The first-order chi connectivity index (χ1) is 6.52. The van der Waals surface area contributed by atoms with Gasteiger partial charge in [-0.3, -0.25) is 4.79 Å². The number of aromatic hydroxyl groups is 1. The van der Waals surface area contributed by atoms with Crippen molar-refractivity contribution in [3.8, 4) is 5.75 Å². The van der Waals surface area contributed by atoms with E-state index in [1.165, 1.54) is 0 Å². The summed E-state index contributed by atoms with van der Waals surface area (Å²) >= 11 is 0. The van der Waals surface area contributed by atoms with Crippen LogP contribution >= 0.6 is 0 Å². The summed E-state index contributed by atoms with van der Waals surface area (Å²) in [6.07, 6.45) is 1.93. The topological polar surface area (TPSA) is 63.3 Å². The van der Waals surface area contributed by atoms with Crippen molar-refractivity contribution in [1.29, 1.82) is 0 Å². The van der Waals surface area contributed by atoms with Gasteiger partial charge in [-0.1, -0.05) is 0 Å². The molecule has 0 spiro atoms. The Morgan fingerprint density at radius 3 is 2.57 bits per heavy atom. The number of hydrogen-bond donors (Lipinski definition) is 2. The fraction of sp³-hybridized carbons (Fsp3) is 0. The maximum Gasteiger partial charge on any atom is 0.241 e. The molecule has 5 heteroatoms. The highest BCUT2D eigenvalue weighted by Crippen LogP contribution is 2.21. The van der Waals surface area contributed by atoms with E-state index in [1.54, 1.807) is 0 Å². The zero-order valence-electron chi connectivity index (χ0n) is 7.00. The maximum absolute atomic E-state index is 13.0. The fourth-order valence-corrected chi connectivity index (χ4v) is 0.855. The molecule has 0 fully saturated rings. The molecule has 3 nitrogen and oxygen atoms in total. The predicted molar refractivity (Wildman–Crippen MR) is 46.3 cm³/mol. The molecule has 0 bridgehead atoms. The Balaban J connectivity index is 3.12. The lowest BCUT2D eigenvalue weighted by molar-refractivity contribution is -0.113. The standard InChI is InChI=1S/C9H7F2NO2/c10-8-5(2-4-7(12)14)1-3-6(13)9(8)11/h1-4,13H,(H2,12,14). The molecule has 0 heterocycles. The van der Waals surface area contributed by atoms with Gasteiger partial charge < -0.3 is 10.8 Å². The van der Waals surface area contributed by atoms with E-state index < -0.39 is 23.3 Å². The fourth-order valence-electron chi connectivity index (χ4n) is 0.855. The van der Waals surface area contributed by atoms with Gasteiger partial charge in [0.25, 0.3) is 0 Å². The number of phenols is 1. The summed E-state index contributed by atoms with van der Waals surface area (Å²) < 4.78 is 25.7. The van der Waals surface area contributed by atoms with E-state index in [0.29, 0.717) is 0 Å². The summed E-state index contributed by atoms with van der Waals surface area (Å²) in [5.41, 5.74) is 4.61. The van der Waals surface area contributed by atoms with Gasteiger partial charge in [0.1, 0.15) is 0 Å².